The monoisotopic (exact) mass is 208 g/mol. The quantitative estimate of drug-likeness (QED) is 0.674. The lowest BCUT2D eigenvalue weighted by Gasteiger charge is -2.22. The first kappa shape index (κ1) is 12.1. The molecule has 1 amide bonds. The maximum atomic E-state index is 11.4. The number of hydrogen-bond donors (Lipinski definition) is 2. The molecule has 0 radical (unpaired) electrons. The van der Waals surface area contributed by atoms with E-state index in [9.17, 15) is 4.79 Å². The predicted molar refractivity (Wildman–Crippen MR) is 61.3 cm³/mol. The second-order valence-corrected chi connectivity index (χ2v) is 3.95. The highest BCUT2D eigenvalue weighted by Crippen LogP contribution is 2.15. The lowest BCUT2D eigenvalue weighted by molar-refractivity contribution is -0.121. The highest BCUT2D eigenvalue weighted by atomic mass is 16.1. The van der Waals surface area contributed by atoms with Crippen molar-refractivity contribution in [3.63, 3.8) is 0 Å². The molecular weight excluding hydrogens is 188 g/mol. The Kier molecular flexibility index (Phi) is 5.87. The molecule has 84 valence electrons. The summed E-state index contributed by atoms with van der Waals surface area (Å²) in [7, 11) is 0. The minimum Gasteiger partial charge on any atom is -0.345 e. The maximum absolute atomic E-state index is 11.4. The van der Waals surface area contributed by atoms with Crippen molar-refractivity contribution in [3.8, 4) is 11.8 Å². The molecule has 1 heterocycles. The first-order chi connectivity index (χ1) is 7.33. The SMILES string of the molecule is CC#CCNC(=O)CCC1CCCNC1. The van der Waals surface area contributed by atoms with Crippen LogP contribution >= 0.6 is 0 Å². The van der Waals surface area contributed by atoms with E-state index in [-0.39, 0.29) is 5.91 Å². The standard InChI is InChI=1S/C12H20N2O/c1-2-3-9-14-12(15)7-6-11-5-4-8-13-10-11/h11,13H,4-10H2,1H3,(H,14,15). The normalized spacial score (nSPS) is 20.2. The summed E-state index contributed by atoms with van der Waals surface area (Å²) < 4.78 is 0. The second kappa shape index (κ2) is 7.30. The van der Waals surface area contributed by atoms with Gasteiger partial charge in [0.15, 0.2) is 0 Å². The fourth-order valence-corrected chi connectivity index (χ4v) is 1.83. The number of nitrogens with one attached hydrogen (secondary N) is 2. The van der Waals surface area contributed by atoms with E-state index >= 15 is 0 Å². The minimum atomic E-state index is 0.128. The summed E-state index contributed by atoms with van der Waals surface area (Å²) >= 11 is 0. The third-order valence-corrected chi connectivity index (χ3v) is 2.73. The molecule has 0 bridgehead atoms. The Morgan fingerprint density at radius 1 is 1.60 bits per heavy atom. The summed E-state index contributed by atoms with van der Waals surface area (Å²) in [5.74, 6) is 6.39. The molecule has 1 aliphatic rings. The van der Waals surface area contributed by atoms with Crippen molar-refractivity contribution in [1.29, 1.82) is 0 Å². The number of amides is 1. The molecule has 1 rings (SSSR count). The van der Waals surface area contributed by atoms with Gasteiger partial charge in [-0.1, -0.05) is 5.92 Å². The maximum Gasteiger partial charge on any atom is 0.220 e. The van der Waals surface area contributed by atoms with Crippen LogP contribution in [0, 0.1) is 17.8 Å². The van der Waals surface area contributed by atoms with Gasteiger partial charge in [0.25, 0.3) is 0 Å². The zero-order valence-electron chi connectivity index (χ0n) is 9.44. The Hall–Kier alpha value is -1.01. The number of carbonyl (C=O) groups is 1. The van der Waals surface area contributed by atoms with Gasteiger partial charge in [0.05, 0.1) is 6.54 Å². The van der Waals surface area contributed by atoms with E-state index in [2.05, 4.69) is 22.5 Å². The van der Waals surface area contributed by atoms with Crippen LogP contribution in [0.25, 0.3) is 0 Å². The van der Waals surface area contributed by atoms with Crippen molar-refractivity contribution in [2.24, 2.45) is 5.92 Å². The summed E-state index contributed by atoms with van der Waals surface area (Å²) in [5, 5.41) is 6.15. The van der Waals surface area contributed by atoms with Crippen LogP contribution in [-0.4, -0.2) is 25.5 Å². The fraction of sp³-hybridized carbons (Fsp3) is 0.750. The second-order valence-electron chi connectivity index (χ2n) is 3.95. The first-order valence-electron chi connectivity index (χ1n) is 5.70. The van der Waals surface area contributed by atoms with Gasteiger partial charge in [0.1, 0.15) is 0 Å². The number of rotatable bonds is 4. The Balaban J connectivity index is 2.06. The van der Waals surface area contributed by atoms with Gasteiger partial charge in [-0.05, 0) is 45.2 Å². The van der Waals surface area contributed by atoms with E-state index in [1.807, 2.05) is 0 Å². The van der Waals surface area contributed by atoms with Crippen LogP contribution in [0.2, 0.25) is 0 Å². The lowest BCUT2D eigenvalue weighted by Crippen LogP contribution is -2.31. The largest absolute Gasteiger partial charge is 0.345 e. The Labute approximate surface area is 92.0 Å². The van der Waals surface area contributed by atoms with Gasteiger partial charge in [0, 0.05) is 6.42 Å². The van der Waals surface area contributed by atoms with Crippen molar-refractivity contribution in [1.82, 2.24) is 10.6 Å². The van der Waals surface area contributed by atoms with Crippen LogP contribution in [0.4, 0.5) is 0 Å². The average molecular weight is 208 g/mol. The summed E-state index contributed by atoms with van der Waals surface area (Å²) in [6.07, 6.45) is 4.14. The zero-order valence-corrected chi connectivity index (χ0v) is 9.44. The zero-order chi connectivity index (χ0) is 10.9. The summed E-state index contributed by atoms with van der Waals surface area (Å²) in [6.45, 7) is 4.47. The van der Waals surface area contributed by atoms with Gasteiger partial charge in [-0.3, -0.25) is 4.79 Å². The number of piperidine rings is 1. The third-order valence-electron chi connectivity index (χ3n) is 2.73. The van der Waals surface area contributed by atoms with Gasteiger partial charge >= 0.3 is 0 Å². The van der Waals surface area contributed by atoms with E-state index in [0.29, 0.717) is 18.9 Å². The highest BCUT2D eigenvalue weighted by Gasteiger charge is 2.13. The van der Waals surface area contributed by atoms with Gasteiger partial charge in [-0.25, -0.2) is 0 Å². The van der Waals surface area contributed by atoms with Crippen LogP contribution in [0.3, 0.4) is 0 Å². The van der Waals surface area contributed by atoms with E-state index in [1.165, 1.54) is 12.8 Å². The Bertz CT molecular complexity index is 246. The van der Waals surface area contributed by atoms with Crippen LogP contribution in [0.15, 0.2) is 0 Å². The van der Waals surface area contributed by atoms with Gasteiger partial charge < -0.3 is 10.6 Å². The molecule has 0 spiro atoms. The topological polar surface area (TPSA) is 41.1 Å². The van der Waals surface area contributed by atoms with Gasteiger partial charge in [-0.15, -0.1) is 5.92 Å². The van der Waals surface area contributed by atoms with Crippen molar-refractivity contribution in [2.45, 2.75) is 32.6 Å². The van der Waals surface area contributed by atoms with E-state index in [0.717, 1.165) is 19.5 Å². The molecule has 0 aromatic carbocycles. The third kappa shape index (κ3) is 5.44. The van der Waals surface area contributed by atoms with Crippen LogP contribution in [0.5, 0.6) is 0 Å². The molecule has 1 aliphatic heterocycles. The highest BCUT2D eigenvalue weighted by molar-refractivity contribution is 5.76. The number of carbonyl (C=O) groups excluding carboxylic acids is 1. The molecule has 3 heteroatoms. The Morgan fingerprint density at radius 2 is 2.47 bits per heavy atom. The minimum absolute atomic E-state index is 0.128. The van der Waals surface area contributed by atoms with Gasteiger partial charge in [-0.2, -0.15) is 0 Å². The fourth-order valence-electron chi connectivity index (χ4n) is 1.83. The molecule has 2 N–H and O–H groups in total. The number of hydrogen-bond acceptors (Lipinski definition) is 2. The van der Waals surface area contributed by atoms with Crippen molar-refractivity contribution in [3.05, 3.63) is 0 Å². The Morgan fingerprint density at radius 3 is 3.13 bits per heavy atom. The first-order valence-corrected chi connectivity index (χ1v) is 5.70. The molecule has 3 nitrogen and oxygen atoms in total. The molecule has 0 aromatic rings. The van der Waals surface area contributed by atoms with Crippen LogP contribution in [0.1, 0.15) is 32.6 Å². The summed E-state index contributed by atoms with van der Waals surface area (Å²) in [4.78, 5) is 11.4. The molecule has 1 atom stereocenters. The summed E-state index contributed by atoms with van der Waals surface area (Å²) in [6, 6.07) is 0. The van der Waals surface area contributed by atoms with Crippen molar-refractivity contribution in [2.75, 3.05) is 19.6 Å². The smallest absolute Gasteiger partial charge is 0.220 e. The van der Waals surface area contributed by atoms with Crippen molar-refractivity contribution >= 4 is 5.91 Å². The molecule has 1 saturated heterocycles. The predicted octanol–water partition coefficient (Wildman–Crippen LogP) is 0.906. The molecule has 0 saturated carbocycles. The molecule has 15 heavy (non-hydrogen) atoms. The van der Waals surface area contributed by atoms with E-state index < -0.39 is 0 Å². The molecule has 1 fully saturated rings. The molecule has 0 aromatic heterocycles. The van der Waals surface area contributed by atoms with Crippen LogP contribution < -0.4 is 10.6 Å². The average Bonchev–Trinajstić information content (AvgIpc) is 2.28. The van der Waals surface area contributed by atoms with Crippen molar-refractivity contribution < 1.29 is 4.79 Å². The lowest BCUT2D eigenvalue weighted by atomic mass is 9.94. The van der Waals surface area contributed by atoms with E-state index in [1.54, 1.807) is 6.92 Å². The molecule has 1 unspecified atom stereocenters. The van der Waals surface area contributed by atoms with Gasteiger partial charge in [0.2, 0.25) is 5.91 Å². The summed E-state index contributed by atoms with van der Waals surface area (Å²) in [5.41, 5.74) is 0. The van der Waals surface area contributed by atoms with Crippen LogP contribution in [-0.2, 0) is 4.79 Å². The van der Waals surface area contributed by atoms with E-state index in [4.69, 9.17) is 0 Å². The molecular formula is C12H20N2O. The molecule has 0 aliphatic carbocycles.